The molecule has 2 aromatic rings. The predicted octanol–water partition coefficient (Wildman–Crippen LogP) is 1.43. The van der Waals surface area contributed by atoms with E-state index in [1.807, 2.05) is 5.48 Å². The van der Waals surface area contributed by atoms with E-state index in [-0.39, 0.29) is 22.5 Å². The number of aryl methyl sites for hydroxylation is 1. The summed E-state index contributed by atoms with van der Waals surface area (Å²) in [6, 6.07) is 7.02. The van der Waals surface area contributed by atoms with Crippen LogP contribution < -0.4 is 10.8 Å². The van der Waals surface area contributed by atoms with E-state index in [1.54, 1.807) is 13.0 Å². The minimum Gasteiger partial charge on any atom is -0.344 e. The van der Waals surface area contributed by atoms with Gasteiger partial charge < -0.3 is 4.84 Å². The first-order chi connectivity index (χ1) is 12.7. The van der Waals surface area contributed by atoms with E-state index in [9.17, 15) is 22.4 Å². The van der Waals surface area contributed by atoms with Crippen LogP contribution in [0.3, 0.4) is 0 Å². The third-order valence-corrected chi connectivity index (χ3v) is 5.77. The lowest BCUT2D eigenvalue weighted by molar-refractivity contribution is -0.132. The third-order valence-electron chi connectivity index (χ3n) is 4.10. The number of hydrogen-bond acceptors (Lipinski definition) is 6. The van der Waals surface area contributed by atoms with Crippen molar-refractivity contribution in [1.29, 1.82) is 5.41 Å². The molecule has 0 aromatic heterocycles. The molecular formula is C17H14FN3O5S. The molecule has 0 unspecified atom stereocenters. The van der Waals surface area contributed by atoms with Crippen molar-refractivity contribution in [3.05, 3.63) is 52.8 Å². The molecule has 3 rings (SSSR count). The van der Waals surface area contributed by atoms with Crippen LogP contribution in [-0.4, -0.2) is 26.8 Å². The molecule has 0 fully saturated rings. The van der Waals surface area contributed by atoms with Crippen LogP contribution in [0.5, 0.6) is 0 Å². The van der Waals surface area contributed by atoms with E-state index in [0.717, 1.165) is 0 Å². The second-order valence-corrected chi connectivity index (χ2v) is 7.79. The molecule has 0 saturated carbocycles. The fourth-order valence-electron chi connectivity index (χ4n) is 2.92. The average molecular weight is 391 g/mol. The van der Waals surface area contributed by atoms with Crippen LogP contribution in [0, 0.1) is 18.2 Å². The molecule has 1 amide bonds. The van der Waals surface area contributed by atoms with Crippen LogP contribution in [0.1, 0.15) is 21.5 Å². The van der Waals surface area contributed by atoms with Crippen molar-refractivity contribution in [2.75, 3.05) is 0 Å². The summed E-state index contributed by atoms with van der Waals surface area (Å²) in [5.74, 6) is -2.46. The van der Waals surface area contributed by atoms with Gasteiger partial charge in [-0.1, -0.05) is 12.1 Å². The molecule has 0 saturated heterocycles. The van der Waals surface area contributed by atoms with Gasteiger partial charge in [0.05, 0.1) is 10.6 Å². The summed E-state index contributed by atoms with van der Waals surface area (Å²) in [7, 11) is -3.85. The van der Waals surface area contributed by atoms with Crippen molar-refractivity contribution in [3.63, 3.8) is 0 Å². The summed E-state index contributed by atoms with van der Waals surface area (Å²) in [6.07, 6.45) is 0. The Balaban J connectivity index is 2.07. The fourth-order valence-corrected chi connectivity index (χ4v) is 4.55. The topological polar surface area (TPSA) is 125 Å². The second kappa shape index (κ2) is 6.80. The van der Waals surface area contributed by atoms with Gasteiger partial charge in [-0.05, 0) is 36.2 Å². The lowest BCUT2D eigenvalue weighted by Crippen LogP contribution is -2.40. The number of halogens is 1. The van der Waals surface area contributed by atoms with Crippen molar-refractivity contribution in [3.8, 4) is 11.1 Å². The summed E-state index contributed by atoms with van der Waals surface area (Å²) in [6.45, 7) is 1.63. The molecule has 140 valence electrons. The highest BCUT2D eigenvalue weighted by Crippen LogP contribution is 2.40. The van der Waals surface area contributed by atoms with Crippen LogP contribution in [0.15, 0.2) is 35.2 Å². The van der Waals surface area contributed by atoms with E-state index in [2.05, 4.69) is 10.2 Å². The van der Waals surface area contributed by atoms with Crippen molar-refractivity contribution in [1.82, 2.24) is 10.8 Å². The maximum atomic E-state index is 14.1. The summed E-state index contributed by atoms with van der Waals surface area (Å²) in [5, 5.41) is 9.57. The molecule has 0 atom stereocenters. The largest absolute Gasteiger partial charge is 0.344 e. The standard InChI is InChI=1S/C17H14FN3O5S/c1-9-5-12-10-3-2-4-14(18)13(10)7-27(24,25)15(12)6-11(9)16(23)20-17(19)21-26-8-22/h2-6,8H,7H2,1H3,(H3,19,20,21,23). The van der Waals surface area contributed by atoms with Crippen LogP contribution >= 0.6 is 0 Å². The highest BCUT2D eigenvalue weighted by molar-refractivity contribution is 7.90. The van der Waals surface area contributed by atoms with Crippen molar-refractivity contribution in [2.24, 2.45) is 0 Å². The van der Waals surface area contributed by atoms with E-state index in [4.69, 9.17) is 5.41 Å². The minimum atomic E-state index is -3.85. The summed E-state index contributed by atoms with van der Waals surface area (Å²) >= 11 is 0. The molecule has 2 aromatic carbocycles. The molecule has 0 spiro atoms. The lowest BCUT2D eigenvalue weighted by atomic mass is 9.95. The van der Waals surface area contributed by atoms with Crippen LogP contribution in [0.25, 0.3) is 11.1 Å². The zero-order valence-electron chi connectivity index (χ0n) is 14.0. The maximum Gasteiger partial charge on any atom is 0.320 e. The molecule has 3 N–H and O–H groups in total. The number of hydrogen-bond donors (Lipinski definition) is 3. The summed E-state index contributed by atoms with van der Waals surface area (Å²) in [5.41, 5.74) is 3.21. The van der Waals surface area contributed by atoms with E-state index >= 15 is 0 Å². The number of nitrogens with one attached hydrogen (secondary N) is 3. The molecule has 1 aliphatic rings. The number of carbonyl (C=O) groups excluding carboxylic acids is 2. The Morgan fingerprint density at radius 1 is 1.30 bits per heavy atom. The van der Waals surface area contributed by atoms with Crippen LogP contribution in [-0.2, 0) is 25.2 Å². The van der Waals surface area contributed by atoms with Gasteiger partial charge in [-0.2, -0.15) is 5.48 Å². The monoisotopic (exact) mass is 391 g/mol. The zero-order valence-corrected chi connectivity index (χ0v) is 14.8. The van der Waals surface area contributed by atoms with Gasteiger partial charge in [-0.15, -0.1) is 0 Å². The molecule has 0 radical (unpaired) electrons. The van der Waals surface area contributed by atoms with E-state index in [0.29, 0.717) is 16.7 Å². The summed E-state index contributed by atoms with van der Waals surface area (Å²) in [4.78, 5) is 26.5. The van der Waals surface area contributed by atoms with Crippen molar-refractivity contribution in [2.45, 2.75) is 17.6 Å². The first-order valence-electron chi connectivity index (χ1n) is 7.65. The number of sulfone groups is 1. The van der Waals surface area contributed by atoms with Gasteiger partial charge in [0.2, 0.25) is 5.96 Å². The summed E-state index contributed by atoms with van der Waals surface area (Å²) < 4.78 is 39.3. The molecule has 8 nitrogen and oxygen atoms in total. The number of guanidine groups is 1. The Hall–Kier alpha value is -3.27. The Morgan fingerprint density at radius 2 is 2.04 bits per heavy atom. The predicted molar refractivity (Wildman–Crippen MR) is 92.9 cm³/mol. The zero-order chi connectivity index (χ0) is 19.8. The molecule has 27 heavy (non-hydrogen) atoms. The molecule has 0 bridgehead atoms. The number of hydroxylamine groups is 1. The lowest BCUT2D eigenvalue weighted by Gasteiger charge is -2.22. The van der Waals surface area contributed by atoms with Gasteiger partial charge in [-0.3, -0.25) is 20.3 Å². The Kier molecular flexibility index (Phi) is 4.66. The number of rotatable bonds is 3. The first kappa shape index (κ1) is 18.5. The fraction of sp³-hybridized carbons (Fsp3) is 0.118. The SMILES string of the molecule is Cc1cc2c(cc1C(=O)NC(=N)NOC=O)S(=O)(=O)Cc1c(F)cccc1-2. The van der Waals surface area contributed by atoms with Gasteiger partial charge in [0.25, 0.3) is 5.91 Å². The Labute approximate surface area is 153 Å². The molecule has 10 heteroatoms. The highest BCUT2D eigenvalue weighted by atomic mass is 32.2. The van der Waals surface area contributed by atoms with Gasteiger partial charge in [0.1, 0.15) is 5.82 Å². The molecule has 1 heterocycles. The van der Waals surface area contributed by atoms with E-state index in [1.165, 1.54) is 24.3 Å². The van der Waals surface area contributed by atoms with Crippen molar-refractivity contribution >= 4 is 28.2 Å². The third kappa shape index (κ3) is 3.38. The van der Waals surface area contributed by atoms with E-state index < -0.39 is 33.3 Å². The van der Waals surface area contributed by atoms with Crippen molar-refractivity contribution < 1.29 is 27.2 Å². The number of fused-ring (bicyclic) bond motifs is 3. The number of benzene rings is 2. The Bertz CT molecular complexity index is 1080. The highest BCUT2D eigenvalue weighted by Gasteiger charge is 2.31. The minimum absolute atomic E-state index is 0.0230. The second-order valence-electron chi connectivity index (χ2n) is 5.83. The average Bonchev–Trinajstić information content (AvgIpc) is 2.60. The normalized spacial score (nSPS) is 13.7. The van der Waals surface area contributed by atoms with Gasteiger partial charge in [0, 0.05) is 16.7 Å². The number of carbonyl (C=O) groups is 2. The molecule has 0 aliphatic carbocycles. The number of amides is 1. The van der Waals surface area contributed by atoms with Gasteiger partial charge >= 0.3 is 6.47 Å². The smallest absolute Gasteiger partial charge is 0.320 e. The maximum absolute atomic E-state index is 14.1. The quantitative estimate of drug-likeness (QED) is 0.315. The van der Waals surface area contributed by atoms with Crippen LogP contribution in [0.2, 0.25) is 0 Å². The molecule has 1 aliphatic heterocycles. The van der Waals surface area contributed by atoms with Crippen LogP contribution in [0.4, 0.5) is 4.39 Å². The first-order valence-corrected chi connectivity index (χ1v) is 9.30. The van der Waals surface area contributed by atoms with Gasteiger partial charge in [-0.25, -0.2) is 12.8 Å². The Morgan fingerprint density at radius 3 is 2.74 bits per heavy atom. The van der Waals surface area contributed by atoms with Gasteiger partial charge in [0.15, 0.2) is 9.84 Å². The molecular weight excluding hydrogens is 377 g/mol.